The number of benzene rings is 1. The fourth-order valence-corrected chi connectivity index (χ4v) is 2.11. The van der Waals surface area contributed by atoms with Crippen molar-refractivity contribution in [1.29, 1.82) is 5.26 Å². The van der Waals surface area contributed by atoms with E-state index in [1.807, 2.05) is 31.2 Å². The number of aryl methyl sites for hydroxylation is 1. The smallest absolute Gasteiger partial charge is 0.350 e. The lowest BCUT2D eigenvalue weighted by Gasteiger charge is -2.08. The van der Waals surface area contributed by atoms with E-state index in [1.54, 1.807) is 17.6 Å². The van der Waals surface area contributed by atoms with E-state index in [1.165, 1.54) is 0 Å². The number of aromatic nitrogens is 2. The Kier molecular flexibility index (Phi) is 5.52. The molecule has 0 fully saturated rings. The number of para-hydroxylation sites is 2. The van der Waals surface area contributed by atoms with Crippen LogP contribution in [-0.2, 0) is 20.9 Å². The summed E-state index contributed by atoms with van der Waals surface area (Å²) in [5, 5.41) is 8.87. The minimum Gasteiger partial charge on any atom is -0.462 e. The number of hydrazine groups is 1. The second-order valence-electron chi connectivity index (χ2n) is 4.82. The summed E-state index contributed by atoms with van der Waals surface area (Å²) < 4.78 is 6.48. The Morgan fingerprint density at radius 3 is 2.88 bits per heavy atom. The van der Waals surface area contributed by atoms with Gasteiger partial charge in [-0.25, -0.2) is 9.78 Å². The van der Waals surface area contributed by atoms with Gasteiger partial charge in [0.25, 0.3) is 5.91 Å². The molecular formula is C16H17N5O3. The number of imidazole rings is 1. The SMILES string of the molecule is CCOC(=O)/C(C#N)=C/NNC(=O)Cn1c(C)nc2ccccc21. The normalized spacial score (nSPS) is 11.0. The van der Waals surface area contributed by atoms with E-state index >= 15 is 0 Å². The van der Waals surface area contributed by atoms with E-state index in [9.17, 15) is 9.59 Å². The summed E-state index contributed by atoms with van der Waals surface area (Å²) in [4.78, 5) is 27.8. The van der Waals surface area contributed by atoms with Crippen molar-refractivity contribution >= 4 is 22.9 Å². The number of nitrogens with zero attached hydrogens (tertiary/aromatic N) is 3. The molecule has 124 valence electrons. The maximum atomic E-state index is 12.0. The number of amides is 1. The summed E-state index contributed by atoms with van der Waals surface area (Å²) in [7, 11) is 0. The van der Waals surface area contributed by atoms with Crippen LogP contribution >= 0.6 is 0 Å². The lowest BCUT2D eigenvalue weighted by Crippen LogP contribution is -2.36. The van der Waals surface area contributed by atoms with Crippen LogP contribution in [0.25, 0.3) is 11.0 Å². The molecule has 24 heavy (non-hydrogen) atoms. The first-order valence-electron chi connectivity index (χ1n) is 7.30. The summed E-state index contributed by atoms with van der Waals surface area (Å²) in [6, 6.07) is 9.20. The molecule has 8 nitrogen and oxygen atoms in total. The average molecular weight is 327 g/mol. The Morgan fingerprint density at radius 2 is 2.17 bits per heavy atom. The first-order chi connectivity index (χ1) is 11.6. The number of carbonyl (C=O) groups excluding carboxylic acids is 2. The molecule has 0 saturated heterocycles. The molecule has 0 aliphatic carbocycles. The summed E-state index contributed by atoms with van der Waals surface area (Å²) in [6.07, 6.45) is 1.09. The zero-order valence-corrected chi connectivity index (χ0v) is 13.4. The van der Waals surface area contributed by atoms with Crippen LogP contribution in [0.1, 0.15) is 12.7 Å². The molecule has 0 aliphatic rings. The minimum atomic E-state index is -0.752. The lowest BCUT2D eigenvalue weighted by molar-refractivity contribution is -0.138. The third kappa shape index (κ3) is 3.89. The molecule has 0 saturated carbocycles. The summed E-state index contributed by atoms with van der Waals surface area (Å²) in [5.41, 5.74) is 6.27. The molecule has 8 heteroatoms. The van der Waals surface area contributed by atoms with Gasteiger partial charge < -0.3 is 14.7 Å². The largest absolute Gasteiger partial charge is 0.462 e. The summed E-state index contributed by atoms with van der Waals surface area (Å²) >= 11 is 0. The molecule has 0 aliphatic heterocycles. The Balaban J connectivity index is 1.99. The van der Waals surface area contributed by atoms with E-state index in [0.29, 0.717) is 5.82 Å². The number of esters is 1. The highest BCUT2D eigenvalue weighted by molar-refractivity contribution is 5.92. The molecule has 1 amide bonds. The van der Waals surface area contributed by atoms with Crippen molar-refractivity contribution in [3.63, 3.8) is 0 Å². The number of nitrogens with one attached hydrogen (secondary N) is 2. The lowest BCUT2D eigenvalue weighted by atomic mass is 10.3. The highest BCUT2D eigenvalue weighted by Crippen LogP contribution is 2.14. The van der Waals surface area contributed by atoms with Crippen molar-refractivity contribution < 1.29 is 14.3 Å². The Bertz CT molecular complexity index is 832. The maximum Gasteiger partial charge on any atom is 0.350 e. The van der Waals surface area contributed by atoms with Gasteiger partial charge in [-0.2, -0.15) is 5.26 Å². The topological polar surface area (TPSA) is 109 Å². The van der Waals surface area contributed by atoms with Crippen molar-refractivity contribution in [1.82, 2.24) is 20.4 Å². The fraction of sp³-hybridized carbons (Fsp3) is 0.250. The van der Waals surface area contributed by atoms with Crippen LogP contribution in [0.3, 0.4) is 0 Å². The predicted octanol–water partition coefficient (Wildman–Crippen LogP) is 0.936. The monoisotopic (exact) mass is 327 g/mol. The third-order valence-corrected chi connectivity index (χ3v) is 3.19. The Labute approximate surface area is 138 Å². The zero-order chi connectivity index (χ0) is 17.5. The molecule has 2 rings (SSSR count). The quantitative estimate of drug-likeness (QED) is 0.354. The second kappa shape index (κ2) is 7.78. The van der Waals surface area contributed by atoms with E-state index in [0.717, 1.165) is 17.2 Å². The maximum absolute atomic E-state index is 12.0. The molecule has 0 spiro atoms. The van der Waals surface area contributed by atoms with Gasteiger partial charge in [0, 0.05) is 6.20 Å². The van der Waals surface area contributed by atoms with Gasteiger partial charge in [-0.1, -0.05) is 12.1 Å². The van der Waals surface area contributed by atoms with Crippen molar-refractivity contribution in [2.75, 3.05) is 6.61 Å². The summed E-state index contributed by atoms with van der Waals surface area (Å²) in [5.74, 6) is -0.386. The second-order valence-corrected chi connectivity index (χ2v) is 4.82. The highest BCUT2D eigenvalue weighted by atomic mass is 16.5. The van der Waals surface area contributed by atoms with Crippen LogP contribution in [0.2, 0.25) is 0 Å². The molecule has 0 bridgehead atoms. The number of ether oxygens (including phenoxy) is 1. The number of rotatable bonds is 6. The van der Waals surface area contributed by atoms with Crippen molar-refractivity contribution in [2.45, 2.75) is 20.4 Å². The average Bonchev–Trinajstić information content (AvgIpc) is 2.87. The van der Waals surface area contributed by atoms with Crippen molar-refractivity contribution in [3.05, 3.63) is 41.9 Å². The van der Waals surface area contributed by atoms with E-state index in [4.69, 9.17) is 10.00 Å². The molecule has 2 N–H and O–H groups in total. The van der Waals surface area contributed by atoms with Gasteiger partial charge >= 0.3 is 5.97 Å². The predicted molar refractivity (Wildman–Crippen MR) is 86.1 cm³/mol. The highest BCUT2D eigenvalue weighted by Gasteiger charge is 2.11. The van der Waals surface area contributed by atoms with Crippen LogP contribution in [0, 0.1) is 18.3 Å². The molecule has 1 heterocycles. The molecule has 1 aromatic carbocycles. The van der Waals surface area contributed by atoms with E-state index in [-0.39, 0.29) is 24.6 Å². The molecule has 1 aromatic heterocycles. The first-order valence-corrected chi connectivity index (χ1v) is 7.30. The zero-order valence-electron chi connectivity index (χ0n) is 13.4. The van der Waals surface area contributed by atoms with Crippen molar-refractivity contribution in [3.8, 4) is 6.07 Å². The number of nitriles is 1. The molecule has 0 radical (unpaired) electrons. The Hall–Kier alpha value is -3.34. The van der Waals surface area contributed by atoms with Crippen LogP contribution in [0.15, 0.2) is 36.0 Å². The van der Waals surface area contributed by atoms with Gasteiger partial charge in [0.2, 0.25) is 0 Å². The van der Waals surface area contributed by atoms with Crippen LogP contribution in [0.5, 0.6) is 0 Å². The minimum absolute atomic E-state index is 0.0501. The van der Waals surface area contributed by atoms with Crippen LogP contribution < -0.4 is 10.9 Å². The molecule has 0 unspecified atom stereocenters. The fourth-order valence-electron chi connectivity index (χ4n) is 2.11. The molecule has 0 atom stereocenters. The van der Waals surface area contributed by atoms with E-state index in [2.05, 4.69) is 15.8 Å². The van der Waals surface area contributed by atoms with Gasteiger partial charge in [0.05, 0.1) is 17.6 Å². The van der Waals surface area contributed by atoms with Crippen LogP contribution in [-0.4, -0.2) is 28.0 Å². The number of carbonyl (C=O) groups is 2. The van der Waals surface area contributed by atoms with Gasteiger partial charge in [0.1, 0.15) is 18.4 Å². The van der Waals surface area contributed by atoms with Crippen molar-refractivity contribution in [2.24, 2.45) is 0 Å². The third-order valence-electron chi connectivity index (χ3n) is 3.19. The number of hydrogen-bond acceptors (Lipinski definition) is 6. The molecule has 2 aromatic rings. The van der Waals surface area contributed by atoms with Crippen LogP contribution in [0.4, 0.5) is 0 Å². The standard InChI is InChI=1S/C16H17N5O3/c1-3-24-16(23)12(8-17)9-18-20-15(22)10-21-11(2)19-13-6-4-5-7-14(13)21/h4-7,9,18H,3,10H2,1-2H3,(H,20,22)/b12-9+. The molecular weight excluding hydrogens is 310 g/mol. The van der Waals surface area contributed by atoms with Gasteiger partial charge in [-0.3, -0.25) is 10.2 Å². The summed E-state index contributed by atoms with van der Waals surface area (Å²) in [6.45, 7) is 3.67. The van der Waals surface area contributed by atoms with E-state index < -0.39 is 5.97 Å². The van der Waals surface area contributed by atoms with Gasteiger partial charge in [-0.05, 0) is 26.0 Å². The number of hydrogen-bond donors (Lipinski definition) is 2. The Morgan fingerprint density at radius 1 is 1.42 bits per heavy atom. The van der Waals surface area contributed by atoms with Gasteiger partial charge in [-0.15, -0.1) is 0 Å². The van der Waals surface area contributed by atoms with Gasteiger partial charge in [0.15, 0.2) is 5.57 Å². The first kappa shape index (κ1) is 17.0. The number of fused-ring (bicyclic) bond motifs is 1.